The van der Waals surface area contributed by atoms with Crippen molar-refractivity contribution in [2.24, 2.45) is 0 Å². The number of alkyl carbamates (subject to hydrolysis) is 1. The van der Waals surface area contributed by atoms with Crippen molar-refractivity contribution in [2.45, 2.75) is 58.8 Å². The Kier molecular flexibility index (Phi) is 9.32. The van der Waals surface area contributed by atoms with E-state index in [4.69, 9.17) is 14.2 Å². The molecule has 0 aliphatic heterocycles. The van der Waals surface area contributed by atoms with Crippen LogP contribution in [0.25, 0.3) is 32.7 Å². The van der Waals surface area contributed by atoms with E-state index < -0.39 is 29.8 Å². The first-order valence-electron chi connectivity index (χ1n) is 15.1. The zero-order chi connectivity index (χ0) is 32.1. The maximum absolute atomic E-state index is 13.2. The normalized spacial score (nSPS) is 12.3. The highest BCUT2D eigenvalue weighted by Crippen LogP contribution is 2.30. The van der Waals surface area contributed by atoms with Crippen LogP contribution in [0.2, 0.25) is 0 Å². The molecule has 236 valence electrons. The van der Waals surface area contributed by atoms with Crippen molar-refractivity contribution >= 4 is 50.9 Å². The van der Waals surface area contributed by atoms with Gasteiger partial charge in [0.15, 0.2) is 0 Å². The predicted molar refractivity (Wildman–Crippen MR) is 174 cm³/mol. The molecule has 2 aromatic heterocycles. The van der Waals surface area contributed by atoms with Gasteiger partial charge in [0.25, 0.3) is 0 Å². The molecule has 10 heteroatoms. The Hall–Kier alpha value is -4.99. The standard InChI is InChI=1S/C35H40N4O6/c1-6-39-30-14-10-8-12-26(30)27-19-23(15-16-31(27)39)22-38(34(42)45-35(2,3)4)17-18-44-33(41)37-29(32(40)43-5)20-24-21-36-28-13-9-7-11-25(24)28/h7-16,19,21,29,36H,6,17-18,20,22H2,1-5H3,(H,37,41). The Labute approximate surface area is 262 Å². The predicted octanol–water partition coefficient (Wildman–Crippen LogP) is 6.54. The quantitative estimate of drug-likeness (QED) is 0.137. The number of para-hydroxylation sites is 2. The van der Waals surface area contributed by atoms with Crippen molar-refractivity contribution in [1.29, 1.82) is 0 Å². The van der Waals surface area contributed by atoms with E-state index in [1.54, 1.807) is 20.8 Å². The summed E-state index contributed by atoms with van der Waals surface area (Å²) in [5.74, 6) is -0.590. The van der Waals surface area contributed by atoms with Gasteiger partial charge in [-0.15, -0.1) is 0 Å². The van der Waals surface area contributed by atoms with Crippen LogP contribution in [-0.4, -0.2) is 64.5 Å². The maximum atomic E-state index is 13.2. The number of esters is 1. The number of aryl methyl sites for hydroxylation is 1. The van der Waals surface area contributed by atoms with Crippen LogP contribution in [-0.2, 0) is 38.5 Å². The fourth-order valence-corrected chi connectivity index (χ4v) is 5.61. The number of benzene rings is 3. The summed E-state index contributed by atoms with van der Waals surface area (Å²) < 4.78 is 18.3. The van der Waals surface area contributed by atoms with Gasteiger partial charge in [-0.1, -0.05) is 42.5 Å². The summed E-state index contributed by atoms with van der Waals surface area (Å²) in [7, 11) is 1.27. The largest absolute Gasteiger partial charge is 0.467 e. The van der Waals surface area contributed by atoms with E-state index in [9.17, 15) is 14.4 Å². The molecule has 0 aliphatic carbocycles. The molecule has 2 heterocycles. The fraction of sp³-hybridized carbons (Fsp3) is 0.343. The van der Waals surface area contributed by atoms with E-state index in [0.717, 1.165) is 50.4 Å². The molecule has 5 aromatic rings. The van der Waals surface area contributed by atoms with E-state index in [1.807, 2.05) is 48.7 Å². The van der Waals surface area contributed by atoms with E-state index in [1.165, 1.54) is 12.0 Å². The fourth-order valence-electron chi connectivity index (χ4n) is 5.61. The summed E-state index contributed by atoms with van der Waals surface area (Å²) in [4.78, 5) is 43.3. The zero-order valence-electron chi connectivity index (χ0n) is 26.4. The number of aromatic amines is 1. The minimum Gasteiger partial charge on any atom is -0.467 e. The number of rotatable bonds is 10. The smallest absolute Gasteiger partial charge is 0.410 e. The zero-order valence-corrected chi connectivity index (χ0v) is 26.4. The summed E-state index contributed by atoms with van der Waals surface area (Å²) in [5.41, 5.74) is 4.28. The van der Waals surface area contributed by atoms with Crippen LogP contribution in [0, 0.1) is 0 Å². The van der Waals surface area contributed by atoms with E-state index in [2.05, 4.69) is 46.1 Å². The molecule has 0 saturated heterocycles. The van der Waals surface area contributed by atoms with Gasteiger partial charge in [0.1, 0.15) is 18.2 Å². The van der Waals surface area contributed by atoms with Crippen molar-refractivity contribution in [3.05, 3.63) is 84.1 Å². The van der Waals surface area contributed by atoms with E-state index in [0.29, 0.717) is 0 Å². The number of H-pyrrole nitrogens is 1. The van der Waals surface area contributed by atoms with Crippen LogP contribution in [0.15, 0.2) is 72.9 Å². The lowest BCUT2D eigenvalue weighted by atomic mass is 10.1. The lowest BCUT2D eigenvalue weighted by molar-refractivity contribution is -0.142. The van der Waals surface area contributed by atoms with Gasteiger partial charge in [-0.3, -0.25) is 0 Å². The summed E-state index contributed by atoms with van der Waals surface area (Å²) in [6, 6.07) is 21.2. The second-order valence-corrected chi connectivity index (χ2v) is 11.9. The molecule has 2 amide bonds. The molecule has 0 fully saturated rings. The SMILES string of the molecule is CCn1c2ccccc2c2cc(CN(CCOC(=O)NC(Cc3c[nH]c4ccccc34)C(=O)OC)C(=O)OC(C)(C)C)ccc21. The summed E-state index contributed by atoms with van der Waals surface area (Å²) in [6.45, 7) is 8.61. The van der Waals surface area contributed by atoms with Crippen molar-refractivity contribution in [3.8, 4) is 0 Å². The molecule has 1 atom stereocenters. The van der Waals surface area contributed by atoms with Crippen molar-refractivity contribution in [3.63, 3.8) is 0 Å². The van der Waals surface area contributed by atoms with Gasteiger partial charge in [-0.25, -0.2) is 14.4 Å². The van der Waals surface area contributed by atoms with Crippen LogP contribution in [0.1, 0.15) is 38.8 Å². The van der Waals surface area contributed by atoms with Crippen LogP contribution >= 0.6 is 0 Å². The Balaban J connectivity index is 1.28. The molecule has 1 unspecified atom stereocenters. The third-order valence-electron chi connectivity index (χ3n) is 7.65. The second kappa shape index (κ2) is 13.3. The lowest BCUT2D eigenvalue weighted by Gasteiger charge is -2.27. The number of nitrogens with one attached hydrogen (secondary N) is 2. The number of carbonyl (C=O) groups excluding carboxylic acids is 3. The van der Waals surface area contributed by atoms with Gasteiger partial charge in [-0.2, -0.15) is 0 Å². The average Bonchev–Trinajstić information content (AvgIpc) is 3.57. The minimum atomic E-state index is -0.958. The van der Waals surface area contributed by atoms with Crippen molar-refractivity contribution in [2.75, 3.05) is 20.3 Å². The third-order valence-corrected chi connectivity index (χ3v) is 7.65. The van der Waals surface area contributed by atoms with Gasteiger partial charge in [0.2, 0.25) is 0 Å². The van der Waals surface area contributed by atoms with Gasteiger partial charge >= 0.3 is 18.2 Å². The molecule has 10 nitrogen and oxygen atoms in total. The Morgan fingerprint density at radius 1 is 0.956 bits per heavy atom. The number of methoxy groups -OCH3 is 1. The molecule has 0 radical (unpaired) electrons. The maximum Gasteiger partial charge on any atom is 0.410 e. The number of hydrogen-bond acceptors (Lipinski definition) is 6. The first-order valence-corrected chi connectivity index (χ1v) is 15.1. The molecule has 0 saturated carbocycles. The lowest BCUT2D eigenvalue weighted by Crippen LogP contribution is -2.44. The molecule has 3 aromatic carbocycles. The summed E-state index contributed by atoms with van der Waals surface area (Å²) >= 11 is 0. The molecule has 2 N–H and O–H groups in total. The van der Waals surface area contributed by atoms with E-state index in [-0.39, 0.29) is 26.1 Å². The first-order chi connectivity index (χ1) is 21.6. The summed E-state index contributed by atoms with van der Waals surface area (Å²) in [6.07, 6.45) is 0.716. The topological polar surface area (TPSA) is 115 Å². The number of nitrogens with zero attached hydrogens (tertiary/aromatic N) is 2. The van der Waals surface area contributed by atoms with Gasteiger partial charge in [-0.05, 0) is 63.1 Å². The van der Waals surface area contributed by atoms with Crippen LogP contribution in [0.3, 0.4) is 0 Å². The Morgan fingerprint density at radius 3 is 2.40 bits per heavy atom. The number of amides is 2. The van der Waals surface area contributed by atoms with Crippen molar-refractivity contribution < 1.29 is 28.6 Å². The highest BCUT2D eigenvalue weighted by Gasteiger charge is 2.26. The third kappa shape index (κ3) is 7.22. The monoisotopic (exact) mass is 612 g/mol. The number of fused-ring (bicyclic) bond motifs is 4. The molecule has 0 bridgehead atoms. The highest BCUT2D eigenvalue weighted by atomic mass is 16.6. The first kappa shape index (κ1) is 31.4. The number of ether oxygens (including phenoxy) is 3. The van der Waals surface area contributed by atoms with Crippen molar-refractivity contribution in [1.82, 2.24) is 19.8 Å². The second-order valence-electron chi connectivity index (χ2n) is 11.9. The molecule has 45 heavy (non-hydrogen) atoms. The number of carbonyl (C=O) groups is 3. The van der Waals surface area contributed by atoms with Gasteiger partial charge in [0.05, 0.1) is 13.7 Å². The van der Waals surface area contributed by atoms with Gasteiger partial charge < -0.3 is 34.0 Å². The Bertz CT molecular complexity index is 1830. The van der Waals surface area contributed by atoms with Crippen LogP contribution < -0.4 is 5.32 Å². The number of hydrogen-bond donors (Lipinski definition) is 2. The van der Waals surface area contributed by atoms with E-state index >= 15 is 0 Å². The molecular formula is C35H40N4O6. The summed E-state index contributed by atoms with van der Waals surface area (Å²) in [5, 5.41) is 5.82. The molecule has 5 rings (SSSR count). The molecular weight excluding hydrogens is 572 g/mol. The molecule has 0 aliphatic rings. The van der Waals surface area contributed by atoms with Gasteiger partial charge in [0, 0.05) is 58.4 Å². The Morgan fingerprint density at radius 2 is 1.67 bits per heavy atom. The minimum absolute atomic E-state index is 0.0857. The number of aromatic nitrogens is 2. The van der Waals surface area contributed by atoms with Crippen LogP contribution in [0.5, 0.6) is 0 Å². The average molecular weight is 613 g/mol. The highest BCUT2D eigenvalue weighted by molar-refractivity contribution is 6.08. The van der Waals surface area contributed by atoms with Crippen LogP contribution in [0.4, 0.5) is 9.59 Å². The molecule has 0 spiro atoms.